The maximum absolute atomic E-state index is 12.5. The molecule has 2 aromatic carbocycles. The van der Waals surface area contributed by atoms with Gasteiger partial charge in [-0.15, -0.1) is 0 Å². The fraction of sp³-hybridized carbons (Fsp3) is 0.333. The normalized spacial score (nSPS) is 18.7. The summed E-state index contributed by atoms with van der Waals surface area (Å²) in [7, 11) is 0. The Kier molecular flexibility index (Phi) is 5.07. The van der Waals surface area contributed by atoms with Gasteiger partial charge >= 0.3 is 6.03 Å². The van der Waals surface area contributed by atoms with Crippen LogP contribution in [0.3, 0.4) is 0 Å². The van der Waals surface area contributed by atoms with E-state index in [0.717, 1.165) is 18.5 Å². The molecule has 0 bridgehead atoms. The molecule has 0 unspecified atom stereocenters. The Morgan fingerprint density at radius 3 is 2.37 bits per heavy atom. The quantitative estimate of drug-likeness (QED) is 0.877. The van der Waals surface area contributed by atoms with E-state index in [1.807, 2.05) is 17.0 Å². The van der Waals surface area contributed by atoms with Gasteiger partial charge in [0.2, 0.25) is 5.91 Å². The van der Waals surface area contributed by atoms with Crippen molar-refractivity contribution in [2.45, 2.75) is 19.4 Å². The molecule has 0 aliphatic carbocycles. The number of benzene rings is 2. The van der Waals surface area contributed by atoms with Gasteiger partial charge < -0.3 is 20.3 Å². The SMILES string of the molecule is O=C(Nc1ccc(NC(=O)N2CCc3ccccc3C2)cc1)[C@H]1CCOC1. The average Bonchev–Trinajstić information content (AvgIpc) is 3.24. The van der Waals surface area contributed by atoms with Gasteiger partial charge in [0, 0.05) is 31.1 Å². The third kappa shape index (κ3) is 4.11. The highest BCUT2D eigenvalue weighted by molar-refractivity contribution is 5.93. The largest absolute Gasteiger partial charge is 0.381 e. The van der Waals surface area contributed by atoms with Crippen LogP contribution in [-0.2, 0) is 22.5 Å². The van der Waals surface area contributed by atoms with Gasteiger partial charge in [-0.05, 0) is 48.2 Å². The molecule has 2 heterocycles. The lowest BCUT2D eigenvalue weighted by Crippen LogP contribution is -2.38. The van der Waals surface area contributed by atoms with Gasteiger partial charge in [-0.25, -0.2) is 4.79 Å². The van der Waals surface area contributed by atoms with Crippen LogP contribution >= 0.6 is 0 Å². The minimum atomic E-state index is -0.107. The Labute approximate surface area is 158 Å². The van der Waals surface area contributed by atoms with Crippen molar-refractivity contribution in [2.24, 2.45) is 5.92 Å². The molecule has 140 valence electrons. The molecule has 0 radical (unpaired) electrons. The summed E-state index contributed by atoms with van der Waals surface area (Å²) < 4.78 is 5.25. The number of ether oxygens (including phenoxy) is 1. The topological polar surface area (TPSA) is 70.7 Å². The number of carbonyl (C=O) groups is 2. The second-order valence-corrected chi connectivity index (χ2v) is 7.00. The highest BCUT2D eigenvalue weighted by Gasteiger charge is 2.23. The molecule has 2 aliphatic rings. The minimum Gasteiger partial charge on any atom is -0.381 e. The minimum absolute atomic E-state index is 0.0173. The predicted molar refractivity (Wildman–Crippen MR) is 104 cm³/mol. The number of carbonyl (C=O) groups excluding carboxylic acids is 2. The standard InChI is InChI=1S/C21H23N3O3/c25-20(17-10-12-27-14-17)22-18-5-7-19(8-6-18)23-21(26)24-11-9-15-3-1-2-4-16(15)13-24/h1-8,17H,9-14H2,(H,22,25)(H,23,26)/t17-/m0/s1. The molecule has 2 aliphatic heterocycles. The van der Waals surface area contributed by atoms with Gasteiger partial charge in [-0.3, -0.25) is 4.79 Å². The summed E-state index contributed by atoms with van der Waals surface area (Å²) in [6.45, 7) is 2.46. The van der Waals surface area contributed by atoms with Crippen molar-refractivity contribution < 1.29 is 14.3 Å². The number of nitrogens with one attached hydrogen (secondary N) is 2. The van der Waals surface area contributed by atoms with Crippen LogP contribution in [0.1, 0.15) is 17.5 Å². The molecular weight excluding hydrogens is 342 g/mol. The number of hydrogen-bond donors (Lipinski definition) is 2. The third-order valence-electron chi connectivity index (χ3n) is 5.12. The van der Waals surface area contributed by atoms with Crippen LogP contribution in [0.2, 0.25) is 0 Å². The molecule has 0 saturated carbocycles. The van der Waals surface area contributed by atoms with Gasteiger partial charge in [0.15, 0.2) is 0 Å². The molecule has 1 saturated heterocycles. The number of rotatable bonds is 3. The molecule has 3 amide bonds. The number of nitrogens with zero attached hydrogens (tertiary/aromatic N) is 1. The highest BCUT2D eigenvalue weighted by Crippen LogP contribution is 2.21. The Morgan fingerprint density at radius 1 is 0.963 bits per heavy atom. The zero-order chi connectivity index (χ0) is 18.6. The molecule has 6 nitrogen and oxygen atoms in total. The molecule has 2 N–H and O–H groups in total. The summed E-state index contributed by atoms with van der Waals surface area (Å²) in [6, 6.07) is 15.3. The van der Waals surface area contributed by atoms with E-state index < -0.39 is 0 Å². The van der Waals surface area contributed by atoms with E-state index >= 15 is 0 Å². The van der Waals surface area contributed by atoms with Gasteiger partial charge in [-0.1, -0.05) is 24.3 Å². The molecular formula is C21H23N3O3. The Bertz CT molecular complexity index is 829. The smallest absolute Gasteiger partial charge is 0.322 e. The summed E-state index contributed by atoms with van der Waals surface area (Å²) in [4.78, 5) is 26.5. The van der Waals surface area contributed by atoms with Crippen molar-refractivity contribution in [1.29, 1.82) is 0 Å². The van der Waals surface area contributed by atoms with Crippen LogP contribution in [-0.4, -0.2) is 36.6 Å². The molecule has 1 fully saturated rings. The van der Waals surface area contributed by atoms with Crippen LogP contribution in [0, 0.1) is 5.92 Å². The first-order valence-corrected chi connectivity index (χ1v) is 9.30. The lowest BCUT2D eigenvalue weighted by atomic mass is 10.0. The van der Waals surface area contributed by atoms with E-state index in [9.17, 15) is 9.59 Å². The fourth-order valence-corrected chi connectivity index (χ4v) is 3.49. The third-order valence-corrected chi connectivity index (χ3v) is 5.12. The molecule has 0 aromatic heterocycles. The van der Waals surface area contributed by atoms with E-state index in [-0.39, 0.29) is 17.9 Å². The first-order chi connectivity index (χ1) is 13.2. The van der Waals surface area contributed by atoms with Crippen LogP contribution in [0.15, 0.2) is 48.5 Å². The molecule has 6 heteroatoms. The van der Waals surface area contributed by atoms with Gasteiger partial charge in [-0.2, -0.15) is 0 Å². The summed E-state index contributed by atoms with van der Waals surface area (Å²) in [5.41, 5.74) is 3.94. The number of anilines is 2. The number of amides is 3. The first kappa shape index (κ1) is 17.5. The Hall–Kier alpha value is -2.86. The molecule has 1 atom stereocenters. The summed E-state index contributed by atoms with van der Waals surface area (Å²) in [5, 5.41) is 5.83. The van der Waals surface area contributed by atoms with Gasteiger partial charge in [0.05, 0.1) is 12.5 Å². The molecule has 2 aromatic rings. The predicted octanol–water partition coefficient (Wildman–Crippen LogP) is 3.25. The first-order valence-electron chi connectivity index (χ1n) is 9.30. The van der Waals surface area contributed by atoms with Crippen LogP contribution in [0.25, 0.3) is 0 Å². The summed E-state index contributed by atoms with van der Waals surface area (Å²) >= 11 is 0. The van der Waals surface area contributed by atoms with Crippen molar-refractivity contribution in [3.05, 3.63) is 59.7 Å². The van der Waals surface area contributed by atoms with Crippen LogP contribution in [0.4, 0.5) is 16.2 Å². The lowest BCUT2D eigenvalue weighted by molar-refractivity contribution is -0.119. The fourth-order valence-electron chi connectivity index (χ4n) is 3.49. The van der Waals surface area contributed by atoms with E-state index in [4.69, 9.17) is 4.74 Å². The maximum atomic E-state index is 12.5. The molecule has 4 rings (SSSR count). The van der Waals surface area contributed by atoms with Crippen molar-refractivity contribution in [1.82, 2.24) is 4.90 Å². The number of urea groups is 1. The van der Waals surface area contributed by atoms with Gasteiger partial charge in [0.25, 0.3) is 0 Å². The van der Waals surface area contributed by atoms with Crippen molar-refractivity contribution in [3.63, 3.8) is 0 Å². The second kappa shape index (κ2) is 7.80. The van der Waals surface area contributed by atoms with E-state index in [0.29, 0.717) is 32.0 Å². The Morgan fingerprint density at radius 2 is 1.67 bits per heavy atom. The maximum Gasteiger partial charge on any atom is 0.322 e. The zero-order valence-electron chi connectivity index (χ0n) is 15.1. The van der Waals surface area contributed by atoms with E-state index in [1.54, 1.807) is 24.3 Å². The average molecular weight is 365 g/mol. The monoisotopic (exact) mass is 365 g/mol. The number of hydrogen-bond acceptors (Lipinski definition) is 3. The van der Waals surface area contributed by atoms with Crippen LogP contribution < -0.4 is 10.6 Å². The van der Waals surface area contributed by atoms with Gasteiger partial charge in [0.1, 0.15) is 0 Å². The van der Waals surface area contributed by atoms with E-state index in [2.05, 4.69) is 22.8 Å². The lowest BCUT2D eigenvalue weighted by Gasteiger charge is -2.29. The number of fused-ring (bicyclic) bond motifs is 1. The molecule has 0 spiro atoms. The van der Waals surface area contributed by atoms with Crippen molar-refractivity contribution in [2.75, 3.05) is 30.4 Å². The summed E-state index contributed by atoms with van der Waals surface area (Å²) in [6.07, 6.45) is 1.64. The van der Waals surface area contributed by atoms with E-state index in [1.165, 1.54) is 11.1 Å². The van der Waals surface area contributed by atoms with Crippen LogP contribution in [0.5, 0.6) is 0 Å². The van der Waals surface area contributed by atoms with Crippen molar-refractivity contribution >= 4 is 23.3 Å². The molecule has 27 heavy (non-hydrogen) atoms. The van der Waals surface area contributed by atoms with Crippen molar-refractivity contribution in [3.8, 4) is 0 Å². The summed E-state index contributed by atoms with van der Waals surface area (Å²) in [5.74, 6) is -0.0948. The second-order valence-electron chi connectivity index (χ2n) is 7.00. The Balaban J connectivity index is 1.33. The highest BCUT2D eigenvalue weighted by atomic mass is 16.5. The zero-order valence-corrected chi connectivity index (χ0v) is 15.1.